The van der Waals surface area contributed by atoms with Crippen LogP contribution in [0.5, 0.6) is 0 Å². The molecule has 0 amide bonds. The molecule has 24 heavy (non-hydrogen) atoms. The molecule has 0 spiro atoms. The number of benzene rings is 2. The van der Waals surface area contributed by atoms with E-state index in [0.29, 0.717) is 5.56 Å². The van der Waals surface area contributed by atoms with Crippen molar-refractivity contribution in [3.63, 3.8) is 0 Å². The number of Topliss-reactive ketones (excluding diaryl/α,β-unsaturated/α-hetero) is 1. The molecule has 2 nitrogen and oxygen atoms in total. The first kappa shape index (κ1) is 19.0. The molecule has 2 aromatic rings. The van der Waals surface area contributed by atoms with Gasteiger partial charge in [-0.25, -0.2) is 0 Å². The number of carbonyl (C=O) groups is 2. The third-order valence-corrected chi connectivity index (χ3v) is 4.18. The van der Waals surface area contributed by atoms with Crippen LogP contribution < -0.4 is 0 Å². The van der Waals surface area contributed by atoms with E-state index in [0.717, 1.165) is 5.56 Å². The van der Waals surface area contributed by atoms with Crippen LogP contribution in [0.2, 0.25) is 0 Å². The summed E-state index contributed by atoms with van der Waals surface area (Å²) in [5, 5.41) is 0. The molecular weight excluding hydrogens is 367 g/mol. The van der Waals surface area contributed by atoms with Crippen molar-refractivity contribution in [2.45, 2.75) is 30.0 Å². The van der Waals surface area contributed by atoms with Crippen molar-refractivity contribution in [3.05, 3.63) is 70.8 Å². The van der Waals surface area contributed by atoms with Crippen molar-refractivity contribution in [3.8, 4) is 0 Å². The van der Waals surface area contributed by atoms with Crippen molar-refractivity contribution in [2.24, 2.45) is 0 Å². The molecule has 0 saturated heterocycles. The SMILES string of the molecule is CC(C)(C)c1ccc(C(=O)c2ccccc2)c(C(=O)C(Cl)(Cl)Cl)c1. The molecule has 0 unspecified atom stereocenters. The molecule has 0 saturated carbocycles. The number of rotatable bonds is 3. The fourth-order valence-corrected chi connectivity index (χ4v) is 2.60. The highest BCUT2D eigenvalue weighted by Gasteiger charge is 2.35. The summed E-state index contributed by atoms with van der Waals surface area (Å²) in [5.74, 6) is -0.994. The Hall–Kier alpha value is -1.35. The van der Waals surface area contributed by atoms with E-state index < -0.39 is 9.58 Å². The van der Waals surface area contributed by atoms with E-state index in [1.54, 1.807) is 36.4 Å². The molecule has 0 N–H and O–H groups in total. The summed E-state index contributed by atoms with van der Waals surface area (Å²) in [6.45, 7) is 6.01. The Morgan fingerprint density at radius 1 is 0.833 bits per heavy atom. The van der Waals surface area contributed by atoms with Gasteiger partial charge in [0.15, 0.2) is 5.78 Å². The topological polar surface area (TPSA) is 34.1 Å². The lowest BCUT2D eigenvalue weighted by Gasteiger charge is -2.22. The van der Waals surface area contributed by atoms with Crippen LogP contribution in [0.15, 0.2) is 48.5 Å². The molecule has 0 bridgehead atoms. The van der Waals surface area contributed by atoms with Gasteiger partial charge in [0.2, 0.25) is 5.78 Å². The predicted molar refractivity (Wildman–Crippen MR) is 99.6 cm³/mol. The standard InChI is InChI=1S/C19H17Cl3O2/c1-18(2,3)13-9-10-14(15(11-13)17(24)19(20,21)22)16(23)12-7-5-4-6-8-12/h4-11H,1-3H3. The summed E-state index contributed by atoms with van der Waals surface area (Å²) in [6, 6.07) is 13.8. The minimum atomic E-state index is -2.12. The smallest absolute Gasteiger partial charge is 0.253 e. The van der Waals surface area contributed by atoms with Gasteiger partial charge in [-0.2, -0.15) is 0 Å². The van der Waals surface area contributed by atoms with Gasteiger partial charge in [-0.3, -0.25) is 9.59 Å². The maximum absolute atomic E-state index is 12.8. The number of halogens is 3. The van der Waals surface area contributed by atoms with Crippen LogP contribution in [-0.2, 0) is 5.41 Å². The van der Waals surface area contributed by atoms with Crippen molar-refractivity contribution in [2.75, 3.05) is 0 Å². The quantitative estimate of drug-likeness (QED) is 0.498. The van der Waals surface area contributed by atoms with Gasteiger partial charge >= 0.3 is 0 Å². The molecule has 5 heteroatoms. The molecule has 2 rings (SSSR count). The summed E-state index contributed by atoms with van der Waals surface area (Å²) in [5.41, 5.74) is 1.49. The van der Waals surface area contributed by atoms with Crippen LogP contribution >= 0.6 is 34.8 Å². The minimum absolute atomic E-state index is 0.122. The minimum Gasteiger partial charge on any atom is -0.289 e. The highest BCUT2D eigenvalue weighted by molar-refractivity contribution is 6.77. The van der Waals surface area contributed by atoms with E-state index in [-0.39, 0.29) is 22.3 Å². The molecule has 0 atom stereocenters. The number of alkyl halides is 3. The van der Waals surface area contributed by atoms with Gasteiger partial charge in [0.05, 0.1) is 0 Å². The van der Waals surface area contributed by atoms with Gasteiger partial charge in [0, 0.05) is 16.7 Å². The Labute approximate surface area is 156 Å². The van der Waals surface area contributed by atoms with Crippen LogP contribution in [0.3, 0.4) is 0 Å². The summed E-state index contributed by atoms with van der Waals surface area (Å²) in [6.07, 6.45) is 0. The summed E-state index contributed by atoms with van der Waals surface area (Å²) >= 11 is 17.3. The van der Waals surface area contributed by atoms with E-state index in [1.165, 1.54) is 0 Å². The van der Waals surface area contributed by atoms with E-state index in [2.05, 4.69) is 0 Å². The highest BCUT2D eigenvalue weighted by Crippen LogP contribution is 2.34. The Bertz CT molecular complexity index is 769. The number of ketones is 2. The van der Waals surface area contributed by atoms with Gasteiger partial charge < -0.3 is 0 Å². The van der Waals surface area contributed by atoms with Crippen molar-refractivity contribution in [1.29, 1.82) is 0 Å². The second-order valence-corrected chi connectivity index (χ2v) is 8.81. The van der Waals surface area contributed by atoms with Crippen molar-refractivity contribution < 1.29 is 9.59 Å². The van der Waals surface area contributed by atoms with Crippen LogP contribution in [0, 0.1) is 0 Å². The zero-order valence-electron chi connectivity index (χ0n) is 13.6. The number of hydrogen-bond acceptors (Lipinski definition) is 2. The molecule has 0 aliphatic heterocycles. The summed E-state index contributed by atoms with van der Waals surface area (Å²) in [7, 11) is 0. The van der Waals surface area contributed by atoms with E-state index in [4.69, 9.17) is 34.8 Å². The van der Waals surface area contributed by atoms with Crippen LogP contribution in [0.4, 0.5) is 0 Å². The molecule has 0 radical (unpaired) electrons. The van der Waals surface area contributed by atoms with Crippen LogP contribution in [0.1, 0.15) is 52.6 Å². The largest absolute Gasteiger partial charge is 0.289 e. The van der Waals surface area contributed by atoms with Gasteiger partial charge in [-0.15, -0.1) is 0 Å². The number of hydrogen-bond donors (Lipinski definition) is 0. The normalized spacial score (nSPS) is 12.1. The monoisotopic (exact) mass is 382 g/mol. The Kier molecular flexibility index (Phi) is 5.44. The van der Waals surface area contributed by atoms with Gasteiger partial charge in [-0.1, -0.05) is 98.0 Å². The van der Waals surface area contributed by atoms with E-state index >= 15 is 0 Å². The van der Waals surface area contributed by atoms with Crippen LogP contribution in [0.25, 0.3) is 0 Å². The molecule has 0 aliphatic carbocycles. The Morgan fingerprint density at radius 3 is 1.92 bits per heavy atom. The lowest BCUT2D eigenvalue weighted by molar-refractivity contribution is 0.0978. The maximum Gasteiger partial charge on any atom is 0.253 e. The molecule has 0 heterocycles. The van der Waals surface area contributed by atoms with E-state index in [1.807, 2.05) is 32.9 Å². The Balaban J connectivity index is 2.63. The second-order valence-electron chi connectivity index (χ2n) is 6.53. The van der Waals surface area contributed by atoms with Crippen molar-refractivity contribution in [1.82, 2.24) is 0 Å². The third kappa shape index (κ3) is 4.18. The lowest BCUT2D eigenvalue weighted by Crippen LogP contribution is -2.23. The van der Waals surface area contributed by atoms with Crippen LogP contribution in [-0.4, -0.2) is 15.4 Å². The molecular formula is C19H17Cl3O2. The average Bonchev–Trinajstić information content (AvgIpc) is 2.52. The average molecular weight is 384 g/mol. The predicted octanol–water partition coefficient (Wildman–Crippen LogP) is 5.77. The fraction of sp³-hybridized carbons (Fsp3) is 0.263. The second kappa shape index (κ2) is 6.87. The maximum atomic E-state index is 12.8. The van der Waals surface area contributed by atoms with Gasteiger partial charge in [0.25, 0.3) is 3.79 Å². The van der Waals surface area contributed by atoms with E-state index in [9.17, 15) is 9.59 Å². The molecule has 126 valence electrons. The first-order chi connectivity index (χ1) is 11.0. The highest BCUT2D eigenvalue weighted by atomic mass is 35.6. The first-order valence-corrected chi connectivity index (χ1v) is 8.51. The zero-order valence-corrected chi connectivity index (χ0v) is 15.8. The molecule has 0 aromatic heterocycles. The number of carbonyl (C=O) groups excluding carboxylic acids is 2. The Morgan fingerprint density at radius 2 is 1.42 bits per heavy atom. The summed E-state index contributed by atoms with van der Waals surface area (Å²) < 4.78 is -2.12. The molecule has 0 fully saturated rings. The first-order valence-electron chi connectivity index (χ1n) is 7.37. The molecule has 2 aromatic carbocycles. The van der Waals surface area contributed by atoms with Gasteiger partial charge in [0.1, 0.15) is 0 Å². The fourth-order valence-electron chi connectivity index (χ4n) is 2.29. The summed E-state index contributed by atoms with van der Waals surface area (Å²) in [4.78, 5) is 25.3. The zero-order chi connectivity index (χ0) is 18.1. The lowest BCUT2D eigenvalue weighted by atomic mass is 9.83. The van der Waals surface area contributed by atoms with Gasteiger partial charge in [-0.05, 0) is 17.0 Å². The van der Waals surface area contributed by atoms with Crippen molar-refractivity contribution >= 4 is 46.4 Å². The third-order valence-electron chi connectivity index (χ3n) is 3.67. The molecule has 0 aliphatic rings.